The lowest BCUT2D eigenvalue weighted by Crippen LogP contribution is -2.33. The van der Waals surface area contributed by atoms with Crippen molar-refractivity contribution >= 4 is 27.5 Å². The zero-order valence-corrected chi connectivity index (χ0v) is 10.5. The zero-order chi connectivity index (χ0) is 12.5. The first kappa shape index (κ1) is 11.2. The minimum absolute atomic E-state index is 0.310. The van der Waals surface area contributed by atoms with Gasteiger partial charge in [-0.15, -0.1) is 15.3 Å². The molecular formula is C9H14N8S. The van der Waals surface area contributed by atoms with Crippen molar-refractivity contribution in [3.05, 3.63) is 5.82 Å². The number of nitrogens with one attached hydrogen (secondary N) is 1. The van der Waals surface area contributed by atoms with Crippen LogP contribution in [0.2, 0.25) is 0 Å². The van der Waals surface area contributed by atoms with Gasteiger partial charge in [0, 0.05) is 19.0 Å². The van der Waals surface area contributed by atoms with Crippen LogP contribution < -0.4 is 16.4 Å². The largest absolute Gasteiger partial charge is 0.374 e. The second-order valence-corrected chi connectivity index (χ2v) is 5.25. The number of nitrogen functional groups attached to an aromatic ring is 2. The molecule has 0 aromatic carbocycles. The number of anilines is 3. The van der Waals surface area contributed by atoms with E-state index in [1.807, 2.05) is 0 Å². The average molecular weight is 266 g/mol. The van der Waals surface area contributed by atoms with Gasteiger partial charge in [-0.05, 0) is 12.8 Å². The third-order valence-corrected chi connectivity index (χ3v) is 3.92. The molecule has 0 saturated carbocycles. The molecule has 5 N–H and O–H groups in total. The molecular weight excluding hydrogens is 252 g/mol. The van der Waals surface area contributed by atoms with Crippen LogP contribution in [-0.2, 0) is 0 Å². The molecule has 18 heavy (non-hydrogen) atoms. The molecule has 1 aliphatic heterocycles. The number of H-pyrrole nitrogens is 1. The minimum atomic E-state index is 0.310. The van der Waals surface area contributed by atoms with Crippen LogP contribution in [0.3, 0.4) is 0 Å². The van der Waals surface area contributed by atoms with Gasteiger partial charge in [-0.25, -0.2) is 0 Å². The van der Waals surface area contributed by atoms with Gasteiger partial charge in [0.15, 0.2) is 0 Å². The molecule has 0 amide bonds. The maximum atomic E-state index is 5.59. The van der Waals surface area contributed by atoms with Gasteiger partial charge in [0.25, 0.3) is 0 Å². The van der Waals surface area contributed by atoms with Crippen molar-refractivity contribution in [2.45, 2.75) is 18.8 Å². The molecule has 96 valence electrons. The Labute approximate surface area is 107 Å². The highest BCUT2D eigenvalue weighted by atomic mass is 32.1. The first-order valence-corrected chi connectivity index (χ1v) is 6.55. The van der Waals surface area contributed by atoms with E-state index in [0.717, 1.165) is 36.9 Å². The molecule has 0 aliphatic carbocycles. The summed E-state index contributed by atoms with van der Waals surface area (Å²) in [6, 6.07) is 0. The highest BCUT2D eigenvalue weighted by molar-refractivity contribution is 7.18. The van der Waals surface area contributed by atoms with Crippen molar-refractivity contribution in [3.8, 4) is 0 Å². The monoisotopic (exact) mass is 266 g/mol. The van der Waals surface area contributed by atoms with Crippen LogP contribution >= 0.6 is 11.3 Å². The first-order chi connectivity index (χ1) is 8.72. The zero-order valence-electron chi connectivity index (χ0n) is 9.70. The fourth-order valence-electron chi connectivity index (χ4n) is 2.17. The first-order valence-electron chi connectivity index (χ1n) is 5.74. The summed E-state index contributed by atoms with van der Waals surface area (Å²) in [4.78, 5) is 6.38. The Morgan fingerprint density at radius 3 is 2.56 bits per heavy atom. The van der Waals surface area contributed by atoms with Crippen molar-refractivity contribution in [1.29, 1.82) is 0 Å². The van der Waals surface area contributed by atoms with Crippen LogP contribution in [0.25, 0.3) is 0 Å². The predicted octanol–water partition coefficient (Wildman–Crippen LogP) is 0.205. The fraction of sp³-hybridized carbons (Fsp3) is 0.556. The van der Waals surface area contributed by atoms with Gasteiger partial charge in [-0.2, -0.15) is 4.98 Å². The van der Waals surface area contributed by atoms with Gasteiger partial charge in [0.1, 0.15) is 5.82 Å². The summed E-state index contributed by atoms with van der Waals surface area (Å²) in [5.74, 6) is 1.57. The van der Waals surface area contributed by atoms with E-state index < -0.39 is 0 Å². The highest BCUT2D eigenvalue weighted by Crippen LogP contribution is 2.30. The van der Waals surface area contributed by atoms with Crippen molar-refractivity contribution in [1.82, 2.24) is 25.4 Å². The molecule has 1 aliphatic rings. The highest BCUT2D eigenvalue weighted by Gasteiger charge is 2.24. The molecule has 0 spiro atoms. The minimum Gasteiger partial charge on any atom is -0.374 e. The number of hydrogen-bond donors (Lipinski definition) is 3. The number of aromatic nitrogens is 5. The Morgan fingerprint density at radius 1 is 1.22 bits per heavy atom. The van der Waals surface area contributed by atoms with Gasteiger partial charge in [-0.1, -0.05) is 11.3 Å². The van der Waals surface area contributed by atoms with Crippen LogP contribution in [0.15, 0.2) is 0 Å². The van der Waals surface area contributed by atoms with Gasteiger partial charge < -0.3 is 16.4 Å². The summed E-state index contributed by atoms with van der Waals surface area (Å²) < 4.78 is 0. The van der Waals surface area contributed by atoms with Crippen LogP contribution in [0, 0.1) is 0 Å². The van der Waals surface area contributed by atoms with E-state index in [1.54, 1.807) is 0 Å². The average Bonchev–Trinajstić information content (AvgIpc) is 2.98. The van der Waals surface area contributed by atoms with E-state index in [1.165, 1.54) is 11.3 Å². The second kappa shape index (κ2) is 4.41. The Bertz CT molecular complexity index is 478. The summed E-state index contributed by atoms with van der Waals surface area (Å²) in [6.07, 6.45) is 1.99. The Kier molecular flexibility index (Phi) is 2.74. The lowest BCUT2D eigenvalue weighted by atomic mass is 9.96. The Balaban J connectivity index is 1.64. The molecule has 0 unspecified atom stereocenters. The topological polar surface area (TPSA) is 123 Å². The third kappa shape index (κ3) is 2.08. The van der Waals surface area contributed by atoms with Gasteiger partial charge >= 0.3 is 0 Å². The van der Waals surface area contributed by atoms with E-state index in [9.17, 15) is 0 Å². The molecule has 3 rings (SSSR count). The smallest absolute Gasteiger partial charge is 0.239 e. The molecule has 2 aromatic rings. The molecule has 9 heteroatoms. The molecule has 0 bridgehead atoms. The molecule has 0 radical (unpaired) electrons. The van der Waals surface area contributed by atoms with Crippen molar-refractivity contribution in [3.63, 3.8) is 0 Å². The van der Waals surface area contributed by atoms with Crippen molar-refractivity contribution < 1.29 is 0 Å². The molecule has 1 fully saturated rings. The van der Waals surface area contributed by atoms with E-state index in [4.69, 9.17) is 11.5 Å². The molecule has 3 heterocycles. The van der Waals surface area contributed by atoms with E-state index in [0.29, 0.717) is 17.0 Å². The summed E-state index contributed by atoms with van der Waals surface area (Å²) in [7, 11) is 0. The van der Waals surface area contributed by atoms with Crippen molar-refractivity contribution in [2.75, 3.05) is 29.5 Å². The van der Waals surface area contributed by atoms with Crippen molar-refractivity contribution in [2.24, 2.45) is 0 Å². The molecule has 8 nitrogen and oxygen atoms in total. The van der Waals surface area contributed by atoms with Gasteiger partial charge in [-0.3, -0.25) is 5.10 Å². The summed E-state index contributed by atoms with van der Waals surface area (Å²) >= 11 is 1.42. The maximum Gasteiger partial charge on any atom is 0.239 e. The van der Waals surface area contributed by atoms with E-state index >= 15 is 0 Å². The number of hydrogen-bond acceptors (Lipinski definition) is 8. The van der Waals surface area contributed by atoms with Crippen LogP contribution in [0.1, 0.15) is 24.6 Å². The second-order valence-electron chi connectivity index (χ2n) is 4.26. The molecule has 1 saturated heterocycles. The SMILES string of the molecule is Nc1n[nH]c(C2CCN(c3nnc(N)s3)CC2)n1. The Morgan fingerprint density at radius 2 is 2.00 bits per heavy atom. The van der Waals surface area contributed by atoms with Crippen LogP contribution in [-0.4, -0.2) is 38.5 Å². The van der Waals surface area contributed by atoms with Gasteiger partial charge in [0.2, 0.25) is 16.2 Å². The lowest BCUT2D eigenvalue weighted by molar-refractivity contribution is 0.486. The third-order valence-electron chi connectivity index (χ3n) is 3.10. The number of aromatic amines is 1. The summed E-state index contributed by atoms with van der Waals surface area (Å²) in [5.41, 5.74) is 11.1. The maximum absolute atomic E-state index is 5.59. The van der Waals surface area contributed by atoms with E-state index in [-0.39, 0.29) is 0 Å². The van der Waals surface area contributed by atoms with Crippen LogP contribution in [0.5, 0.6) is 0 Å². The quantitative estimate of drug-likeness (QED) is 0.709. The number of piperidine rings is 1. The lowest BCUT2D eigenvalue weighted by Gasteiger charge is -2.30. The fourth-order valence-corrected chi connectivity index (χ4v) is 2.83. The van der Waals surface area contributed by atoms with Crippen LogP contribution in [0.4, 0.5) is 16.2 Å². The normalized spacial score (nSPS) is 17.2. The summed E-state index contributed by atoms with van der Waals surface area (Å²) in [6.45, 7) is 1.83. The van der Waals surface area contributed by atoms with Gasteiger partial charge in [0.05, 0.1) is 0 Å². The predicted molar refractivity (Wildman–Crippen MR) is 69.3 cm³/mol. The summed E-state index contributed by atoms with van der Waals surface area (Å²) in [5, 5.41) is 16.0. The molecule has 2 aromatic heterocycles. The molecule has 0 atom stereocenters. The number of nitrogens with zero attached hydrogens (tertiary/aromatic N) is 5. The Hall–Kier alpha value is -1.90. The van der Waals surface area contributed by atoms with E-state index in [2.05, 4.69) is 30.3 Å². The number of rotatable bonds is 2. The standard InChI is InChI=1S/C9H14N8S/c10-7-12-6(13-14-7)5-1-3-17(4-2-5)9-16-15-8(11)18-9/h5H,1-4H2,(H2,11,15)(H3,10,12,13,14). The number of nitrogens with two attached hydrogens (primary N) is 2.